The first kappa shape index (κ1) is 11.3. The van der Waals surface area contributed by atoms with Gasteiger partial charge in [0.1, 0.15) is 5.75 Å². The summed E-state index contributed by atoms with van der Waals surface area (Å²) in [4.78, 5) is 0. The van der Waals surface area contributed by atoms with Crippen LogP contribution < -0.4 is 4.74 Å². The molecule has 0 amide bonds. The van der Waals surface area contributed by atoms with Crippen LogP contribution in [0.5, 0.6) is 5.75 Å². The van der Waals surface area contributed by atoms with Gasteiger partial charge in [0, 0.05) is 5.92 Å². The Morgan fingerprint density at radius 1 is 1.50 bits per heavy atom. The third-order valence-electron chi connectivity index (χ3n) is 2.06. The van der Waals surface area contributed by atoms with Crippen LogP contribution in [-0.4, -0.2) is 13.3 Å². The molecule has 0 aliphatic rings. The van der Waals surface area contributed by atoms with Crippen LogP contribution in [0.15, 0.2) is 18.2 Å². The highest BCUT2D eigenvalue weighted by atomic mass is 35.5. The van der Waals surface area contributed by atoms with E-state index >= 15 is 0 Å². The highest BCUT2D eigenvalue weighted by Crippen LogP contribution is 2.28. The number of ether oxygens (including phenoxy) is 1. The summed E-state index contributed by atoms with van der Waals surface area (Å²) in [6.07, 6.45) is 0. The minimum Gasteiger partial charge on any atom is -0.492 e. The molecular formula is C11H14ClFO. The quantitative estimate of drug-likeness (QED) is 0.744. The van der Waals surface area contributed by atoms with Gasteiger partial charge in [0.2, 0.25) is 0 Å². The van der Waals surface area contributed by atoms with E-state index < -0.39 is 0 Å². The lowest BCUT2D eigenvalue weighted by atomic mass is 10.0. The van der Waals surface area contributed by atoms with Crippen LogP contribution in [0.1, 0.15) is 25.3 Å². The first-order chi connectivity index (χ1) is 6.69. The van der Waals surface area contributed by atoms with Crippen molar-refractivity contribution in [1.29, 1.82) is 0 Å². The summed E-state index contributed by atoms with van der Waals surface area (Å²) >= 11 is 5.90. The zero-order valence-corrected chi connectivity index (χ0v) is 9.14. The van der Waals surface area contributed by atoms with Gasteiger partial charge in [-0.05, 0) is 24.6 Å². The molecule has 0 fully saturated rings. The van der Waals surface area contributed by atoms with Crippen molar-refractivity contribution in [2.24, 2.45) is 0 Å². The lowest BCUT2D eigenvalue weighted by molar-refractivity contribution is 0.339. The smallest absolute Gasteiger partial charge is 0.138 e. The van der Waals surface area contributed by atoms with Crippen LogP contribution in [0, 0.1) is 0 Å². The lowest BCUT2D eigenvalue weighted by Gasteiger charge is -2.11. The molecule has 0 aliphatic carbocycles. The minimum atomic E-state index is -0.368. The molecule has 0 aliphatic heterocycles. The van der Waals surface area contributed by atoms with Crippen molar-refractivity contribution < 1.29 is 9.13 Å². The first-order valence-electron chi connectivity index (χ1n) is 4.67. The van der Waals surface area contributed by atoms with E-state index in [1.807, 2.05) is 19.9 Å². The van der Waals surface area contributed by atoms with Crippen LogP contribution in [0.3, 0.4) is 0 Å². The predicted molar refractivity (Wildman–Crippen MR) is 57.0 cm³/mol. The van der Waals surface area contributed by atoms with E-state index in [4.69, 9.17) is 16.3 Å². The summed E-state index contributed by atoms with van der Waals surface area (Å²) in [6.45, 7) is 3.92. The van der Waals surface area contributed by atoms with Gasteiger partial charge in [-0.2, -0.15) is 0 Å². The Labute approximate surface area is 88.8 Å². The number of hydrogen-bond donors (Lipinski definition) is 0. The Bertz CT molecular complexity index is 301. The zero-order chi connectivity index (χ0) is 10.6. The second kappa shape index (κ2) is 5.20. The second-order valence-electron chi connectivity index (χ2n) is 3.18. The Hall–Kier alpha value is -0.760. The van der Waals surface area contributed by atoms with Gasteiger partial charge in [-0.15, -0.1) is 0 Å². The largest absolute Gasteiger partial charge is 0.492 e. The Morgan fingerprint density at radius 2 is 2.21 bits per heavy atom. The van der Waals surface area contributed by atoms with Crippen LogP contribution >= 0.6 is 11.6 Å². The van der Waals surface area contributed by atoms with Gasteiger partial charge in [-0.25, -0.2) is 0 Å². The van der Waals surface area contributed by atoms with Crippen LogP contribution in [-0.2, 0) is 0 Å². The van der Waals surface area contributed by atoms with E-state index in [-0.39, 0.29) is 12.6 Å². The predicted octanol–water partition coefficient (Wildman–Crippen LogP) is 3.81. The van der Waals surface area contributed by atoms with Crippen molar-refractivity contribution in [2.45, 2.75) is 19.8 Å². The van der Waals surface area contributed by atoms with E-state index in [0.717, 1.165) is 5.56 Å². The SMILES string of the molecule is CCOc1cc(C(C)CF)ccc1Cl. The van der Waals surface area contributed by atoms with Crippen LogP contribution in [0.4, 0.5) is 4.39 Å². The molecule has 1 unspecified atom stereocenters. The highest BCUT2D eigenvalue weighted by Gasteiger charge is 2.08. The highest BCUT2D eigenvalue weighted by molar-refractivity contribution is 6.32. The number of rotatable bonds is 4. The van der Waals surface area contributed by atoms with Crippen molar-refractivity contribution in [1.82, 2.24) is 0 Å². The van der Waals surface area contributed by atoms with E-state index in [1.165, 1.54) is 0 Å². The van der Waals surface area contributed by atoms with Crippen LogP contribution in [0.25, 0.3) is 0 Å². The molecular weight excluding hydrogens is 203 g/mol. The maximum Gasteiger partial charge on any atom is 0.138 e. The number of halogens is 2. The van der Waals surface area contributed by atoms with Crippen molar-refractivity contribution in [3.63, 3.8) is 0 Å². The molecule has 78 valence electrons. The van der Waals surface area contributed by atoms with E-state index in [0.29, 0.717) is 17.4 Å². The summed E-state index contributed by atoms with van der Waals surface area (Å²) in [7, 11) is 0. The Morgan fingerprint density at radius 3 is 2.79 bits per heavy atom. The van der Waals surface area contributed by atoms with Gasteiger partial charge >= 0.3 is 0 Å². The molecule has 0 spiro atoms. The molecule has 0 radical (unpaired) electrons. The fraction of sp³-hybridized carbons (Fsp3) is 0.455. The number of hydrogen-bond acceptors (Lipinski definition) is 1. The van der Waals surface area contributed by atoms with Gasteiger partial charge in [0.25, 0.3) is 0 Å². The molecule has 1 aromatic carbocycles. The molecule has 1 aromatic rings. The molecule has 1 rings (SSSR count). The standard InChI is InChI=1S/C11H14ClFO/c1-3-14-11-6-9(8(2)7-13)4-5-10(11)12/h4-6,8H,3,7H2,1-2H3. The molecule has 14 heavy (non-hydrogen) atoms. The topological polar surface area (TPSA) is 9.23 Å². The Balaban J connectivity index is 2.93. The summed E-state index contributed by atoms with van der Waals surface area (Å²) < 4.78 is 17.7. The molecule has 1 atom stereocenters. The monoisotopic (exact) mass is 216 g/mol. The molecule has 0 bridgehead atoms. The molecule has 0 saturated carbocycles. The Kier molecular flexibility index (Phi) is 4.21. The minimum absolute atomic E-state index is 0.105. The fourth-order valence-electron chi connectivity index (χ4n) is 1.18. The molecule has 0 saturated heterocycles. The maximum absolute atomic E-state index is 12.4. The molecule has 0 aromatic heterocycles. The van der Waals surface area contributed by atoms with Crippen LogP contribution in [0.2, 0.25) is 5.02 Å². The maximum atomic E-state index is 12.4. The molecule has 1 nitrogen and oxygen atoms in total. The van der Waals surface area contributed by atoms with Crippen molar-refractivity contribution in [3.05, 3.63) is 28.8 Å². The van der Waals surface area contributed by atoms with Crippen molar-refractivity contribution in [3.8, 4) is 5.75 Å². The van der Waals surface area contributed by atoms with Gasteiger partial charge in [0.05, 0.1) is 18.3 Å². The van der Waals surface area contributed by atoms with Crippen molar-refractivity contribution >= 4 is 11.6 Å². The second-order valence-corrected chi connectivity index (χ2v) is 3.59. The summed E-state index contributed by atoms with van der Waals surface area (Å²) in [5.41, 5.74) is 0.917. The third-order valence-corrected chi connectivity index (χ3v) is 2.37. The summed E-state index contributed by atoms with van der Waals surface area (Å²) in [5.74, 6) is 0.526. The van der Waals surface area contributed by atoms with E-state index in [9.17, 15) is 4.39 Å². The fourth-order valence-corrected chi connectivity index (χ4v) is 1.35. The summed E-state index contributed by atoms with van der Waals surface area (Å²) in [6, 6.07) is 5.37. The third kappa shape index (κ3) is 2.61. The van der Waals surface area contributed by atoms with Gasteiger partial charge in [-0.1, -0.05) is 24.6 Å². The lowest BCUT2D eigenvalue weighted by Crippen LogP contribution is -1.98. The molecule has 3 heteroatoms. The number of benzene rings is 1. The molecule has 0 heterocycles. The zero-order valence-electron chi connectivity index (χ0n) is 8.39. The number of alkyl halides is 1. The average molecular weight is 217 g/mol. The van der Waals surface area contributed by atoms with E-state index in [2.05, 4.69) is 0 Å². The molecule has 0 N–H and O–H groups in total. The van der Waals surface area contributed by atoms with Gasteiger partial charge in [-0.3, -0.25) is 4.39 Å². The van der Waals surface area contributed by atoms with Crippen molar-refractivity contribution in [2.75, 3.05) is 13.3 Å². The van der Waals surface area contributed by atoms with Gasteiger partial charge < -0.3 is 4.74 Å². The first-order valence-corrected chi connectivity index (χ1v) is 5.05. The van der Waals surface area contributed by atoms with E-state index in [1.54, 1.807) is 12.1 Å². The normalized spacial score (nSPS) is 12.6. The average Bonchev–Trinajstić information content (AvgIpc) is 2.20. The summed E-state index contributed by atoms with van der Waals surface area (Å²) in [5, 5.41) is 0.571. The van der Waals surface area contributed by atoms with Gasteiger partial charge in [0.15, 0.2) is 0 Å².